The molecule has 0 N–H and O–H groups in total. The van der Waals surface area contributed by atoms with Crippen molar-refractivity contribution in [3.63, 3.8) is 0 Å². The average Bonchev–Trinajstić information content (AvgIpc) is 2.68. The molecule has 0 amide bonds. The summed E-state index contributed by atoms with van der Waals surface area (Å²) in [6, 6.07) is 51.1. The molecule has 8 aromatic carbocycles. The lowest BCUT2D eigenvalue weighted by Gasteiger charge is -2.10. The van der Waals surface area contributed by atoms with Crippen LogP contribution in [0.15, 0.2) is 225 Å². The Bertz CT molecular complexity index is 3620. The number of azo groups is 3. The third-order valence-corrected chi connectivity index (χ3v) is 12.8. The second-order valence-corrected chi connectivity index (χ2v) is 19.5. The molecule has 0 heterocycles. The summed E-state index contributed by atoms with van der Waals surface area (Å²) in [7, 11) is 1.62. The molecule has 0 spiro atoms. The minimum Gasteiger partial charge on any atom is -0.494 e. The minimum atomic E-state index is -0.481. The zero-order valence-corrected chi connectivity index (χ0v) is 47.8. The molecule has 16 heteroatoms. The van der Waals surface area contributed by atoms with Crippen LogP contribution in [0, 0.1) is 6.92 Å². The third-order valence-electron chi connectivity index (χ3n) is 12.8. The second kappa shape index (κ2) is 32.5. The quantitative estimate of drug-likeness (QED) is 0.0157. The van der Waals surface area contributed by atoms with Crippen molar-refractivity contribution in [2.45, 2.75) is 72.1 Å². The van der Waals surface area contributed by atoms with Crippen LogP contribution in [-0.4, -0.2) is 57.4 Å². The molecule has 8 rings (SSSR count). The van der Waals surface area contributed by atoms with Crippen LogP contribution in [0.1, 0.15) is 91.5 Å². The summed E-state index contributed by atoms with van der Waals surface area (Å²) in [5.74, 6) is 0.784. The first-order chi connectivity index (χ1) is 40.8. The molecular formula is C68H68N6O10. The van der Waals surface area contributed by atoms with E-state index in [2.05, 4.69) is 43.8 Å². The number of fused-ring (bicyclic) bond motifs is 2. The highest BCUT2D eigenvalue weighted by Gasteiger charge is 2.15. The van der Waals surface area contributed by atoms with Gasteiger partial charge in [0.25, 0.3) is 0 Å². The van der Waals surface area contributed by atoms with E-state index in [0.29, 0.717) is 94.4 Å². The van der Waals surface area contributed by atoms with E-state index in [1.807, 2.05) is 116 Å². The number of esters is 4. The van der Waals surface area contributed by atoms with Gasteiger partial charge in [0.2, 0.25) is 0 Å². The van der Waals surface area contributed by atoms with Crippen LogP contribution in [0.3, 0.4) is 0 Å². The summed E-state index contributed by atoms with van der Waals surface area (Å²) < 4.78 is 33.2. The number of nitrogens with zero attached hydrogens (tertiary/aromatic N) is 6. The maximum Gasteiger partial charge on any atom is 0.343 e. The van der Waals surface area contributed by atoms with E-state index in [1.165, 1.54) is 0 Å². The fourth-order valence-corrected chi connectivity index (χ4v) is 8.22. The van der Waals surface area contributed by atoms with E-state index < -0.39 is 11.9 Å². The molecule has 84 heavy (non-hydrogen) atoms. The molecule has 0 aliphatic heterocycles. The molecule has 430 valence electrons. The third kappa shape index (κ3) is 19.4. The maximum atomic E-state index is 13.1. The van der Waals surface area contributed by atoms with Crippen molar-refractivity contribution in [2.75, 3.05) is 33.5 Å². The van der Waals surface area contributed by atoms with Gasteiger partial charge < -0.3 is 28.4 Å². The maximum absolute atomic E-state index is 13.1. The average molecular weight is 1130 g/mol. The molecule has 0 bridgehead atoms. The van der Waals surface area contributed by atoms with E-state index in [9.17, 15) is 19.2 Å². The normalized spacial score (nSPS) is 11.1. The van der Waals surface area contributed by atoms with Crippen LogP contribution in [0.2, 0.25) is 0 Å². The molecule has 0 fully saturated rings. The van der Waals surface area contributed by atoms with Gasteiger partial charge in [-0.15, -0.1) is 5.11 Å². The van der Waals surface area contributed by atoms with Gasteiger partial charge in [0.05, 0.1) is 66.0 Å². The van der Waals surface area contributed by atoms with Crippen molar-refractivity contribution < 1.29 is 47.6 Å². The highest BCUT2D eigenvalue weighted by molar-refractivity contribution is 6.00. The summed E-state index contributed by atoms with van der Waals surface area (Å²) in [5, 5.41) is 28.7. The van der Waals surface area contributed by atoms with E-state index in [0.717, 1.165) is 84.2 Å². The Morgan fingerprint density at radius 2 is 0.762 bits per heavy atom. The molecule has 0 saturated heterocycles. The molecule has 0 radical (unpaired) electrons. The molecule has 8 aromatic rings. The Morgan fingerprint density at radius 3 is 1.19 bits per heavy atom. The lowest BCUT2D eigenvalue weighted by atomic mass is 10.0. The van der Waals surface area contributed by atoms with Crippen LogP contribution in [0.25, 0.3) is 21.5 Å². The Hall–Kier alpha value is -9.96. The summed E-state index contributed by atoms with van der Waals surface area (Å²) in [5.41, 5.74) is 6.25. The Kier molecular flexibility index (Phi) is 23.8. The van der Waals surface area contributed by atoms with Gasteiger partial charge in [-0.2, -0.15) is 25.6 Å². The summed E-state index contributed by atoms with van der Waals surface area (Å²) in [6.07, 6.45) is 7.23. The lowest BCUT2D eigenvalue weighted by Crippen LogP contribution is -2.09. The summed E-state index contributed by atoms with van der Waals surface area (Å²) in [6.45, 7) is 14.4. The highest BCUT2D eigenvalue weighted by Crippen LogP contribution is 2.35. The monoisotopic (exact) mass is 1130 g/mol. The molecule has 16 nitrogen and oxygen atoms in total. The van der Waals surface area contributed by atoms with Crippen molar-refractivity contribution in [1.29, 1.82) is 0 Å². The standard InChI is InChI=1S/C40H38N6O5.C28H30O5/c1-28(2)39(47)50-27-9-5-4-8-26-49-34-22-12-29(13-23-34)40(48)51-38-25-24-37(35-10-6-7-11-36(35)38)46-45-33-20-18-32(19-21-33)44-43-31-16-14-30(15-17-31)42-41-3;1-20(2)27(29)32-19-9-5-4-8-18-31-23-15-13-22(14-16-23)28(30)33-26-17-12-21(3)24-10-6-7-11-25(24)26/h6-7,10-25H,1,4-5,8-9,26-27H2,2-3H3;6-7,10-17H,1,4-5,8-9,18-19H2,2-3H3. The largest absolute Gasteiger partial charge is 0.494 e. The Labute approximate surface area is 489 Å². The number of aryl methyl sites for hydroxylation is 1. The molecule has 0 atom stereocenters. The lowest BCUT2D eigenvalue weighted by molar-refractivity contribution is -0.139. The SMILES string of the molecule is C=C(C)C(=O)OCCCCCCOc1ccc(C(=O)Oc2ccc(C)c3ccccc23)cc1.C=C(C)C(=O)OCCCCCCOc1ccc(C(=O)Oc2ccc(N=Nc3ccc(N=Nc4ccc(N=NC)cc4)cc3)c3ccccc23)cc1. The van der Waals surface area contributed by atoms with Gasteiger partial charge in [-0.3, -0.25) is 0 Å². The molecular weight excluding hydrogens is 1060 g/mol. The summed E-state index contributed by atoms with van der Waals surface area (Å²) >= 11 is 0. The number of benzene rings is 8. The number of unbranched alkanes of at least 4 members (excludes halogenated alkanes) is 6. The number of rotatable bonds is 27. The van der Waals surface area contributed by atoms with Gasteiger partial charge in [-0.25, -0.2) is 19.2 Å². The number of ether oxygens (including phenoxy) is 6. The number of hydrogen-bond donors (Lipinski definition) is 0. The first-order valence-electron chi connectivity index (χ1n) is 27.7. The van der Waals surface area contributed by atoms with Gasteiger partial charge in [0, 0.05) is 34.4 Å². The highest BCUT2D eigenvalue weighted by atomic mass is 16.5. The topological polar surface area (TPSA) is 198 Å². The van der Waals surface area contributed by atoms with Gasteiger partial charge >= 0.3 is 23.9 Å². The molecule has 0 aromatic heterocycles. The fourth-order valence-electron chi connectivity index (χ4n) is 8.22. The van der Waals surface area contributed by atoms with Crippen molar-refractivity contribution in [3.8, 4) is 23.0 Å². The predicted octanol–water partition coefficient (Wildman–Crippen LogP) is 18.1. The van der Waals surface area contributed by atoms with E-state index >= 15 is 0 Å². The van der Waals surface area contributed by atoms with Crippen molar-refractivity contribution in [3.05, 3.63) is 211 Å². The zero-order valence-electron chi connectivity index (χ0n) is 47.8. The van der Waals surface area contributed by atoms with E-state index in [-0.39, 0.29) is 11.9 Å². The van der Waals surface area contributed by atoms with Crippen LogP contribution in [0.4, 0.5) is 28.4 Å². The number of carbonyl (C=O) groups is 4. The van der Waals surface area contributed by atoms with Gasteiger partial charge in [-0.05, 0) is 198 Å². The van der Waals surface area contributed by atoms with Crippen molar-refractivity contribution in [2.24, 2.45) is 30.7 Å². The van der Waals surface area contributed by atoms with E-state index in [4.69, 9.17) is 28.4 Å². The number of hydrogen-bond acceptors (Lipinski definition) is 16. The smallest absolute Gasteiger partial charge is 0.343 e. The molecule has 0 saturated carbocycles. The molecule has 0 aliphatic rings. The van der Waals surface area contributed by atoms with Crippen molar-refractivity contribution in [1.82, 2.24) is 0 Å². The molecule has 0 unspecified atom stereocenters. The van der Waals surface area contributed by atoms with Crippen LogP contribution >= 0.6 is 0 Å². The summed E-state index contributed by atoms with van der Waals surface area (Å²) in [4.78, 5) is 48.4. The minimum absolute atomic E-state index is 0.335. The van der Waals surface area contributed by atoms with Crippen LogP contribution < -0.4 is 18.9 Å². The van der Waals surface area contributed by atoms with E-state index in [1.54, 1.807) is 81.6 Å². The second-order valence-electron chi connectivity index (χ2n) is 19.5. The van der Waals surface area contributed by atoms with Gasteiger partial charge in [0.1, 0.15) is 23.0 Å². The Balaban J connectivity index is 0.000000265. The number of carbonyl (C=O) groups excluding carboxylic acids is 4. The zero-order chi connectivity index (χ0) is 59.5. The van der Waals surface area contributed by atoms with Crippen LogP contribution in [-0.2, 0) is 19.1 Å². The van der Waals surface area contributed by atoms with Gasteiger partial charge in [0.15, 0.2) is 0 Å². The predicted molar refractivity (Wildman–Crippen MR) is 327 cm³/mol. The first kappa shape index (κ1) is 61.7. The van der Waals surface area contributed by atoms with Crippen LogP contribution in [0.5, 0.6) is 23.0 Å². The van der Waals surface area contributed by atoms with Crippen molar-refractivity contribution >= 4 is 73.9 Å². The van der Waals surface area contributed by atoms with Gasteiger partial charge in [-0.1, -0.05) is 67.8 Å². The fraction of sp³-hybridized carbons (Fsp3) is 0.235. The molecule has 0 aliphatic carbocycles. The first-order valence-corrected chi connectivity index (χ1v) is 27.7. The Morgan fingerprint density at radius 1 is 0.393 bits per heavy atom.